The van der Waals surface area contributed by atoms with Crippen LogP contribution in [0.25, 0.3) is 0 Å². The predicted octanol–water partition coefficient (Wildman–Crippen LogP) is 5.08. The van der Waals surface area contributed by atoms with Gasteiger partial charge in [-0.1, -0.05) is 66.7 Å². The highest BCUT2D eigenvalue weighted by Gasteiger charge is 2.33. The maximum Gasteiger partial charge on any atom is 0.119 e. The van der Waals surface area contributed by atoms with Gasteiger partial charge >= 0.3 is 0 Å². The van der Waals surface area contributed by atoms with E-state index in [0.29, 0.717) is 18.6 Å². The predicted molar refractivity (Wildman–Crippen MR) is 111 cm³/mol. The number of rotatable bonds is 6. The molecular formula is C25H27NO. The number of hydrogen-bond donors (Lipinski definition) is 0. The van der Waals surface area contributed by atoms with Crippen molar-refractivity contribution in [3.63, 3.8) is 0 Å². The zero-order valence-corrected chi connectivity index (χ0v) is 16.1. The Balaban J connectivity index is 1.44. The molecule has 0 unspecified atom stereocenters. The van der Waals surface area contributed by atoms with E-state index in [-0.39, 0.29) is 0 Å². The summed E-state index contributed by atoms with van der Waals surface area (Å²) in [5.74, 6) is 1.48. The first-order valence-corrected chi connectivity index (χ1v) is 9.70. The molecule has 0 amide bonds. The van der Waals surface area contributed by atoms with Gasteiger partial charge in [-0.05, 0) is 61.3 Å². The van der Waals surface area contributed by atoms with Crippen LogP contribution in [0.15, 0.2) is 78.9 Å². The van der Waals surface area contributed by atoms with Crippen LogP contribution >= 0.6 is 0 Å². The summed E-state index contributed by atoms with van der Waals surface area (Å²) in [7, 11) is 4.40. The van der Waals surface area contributed by atoms with Crippen molar-refractivity contribution < 1.29 is 4.74 Å². The highest BCUT2D eigenvalue weighted by molar-refractivity contribution is 5.40. The van der Waals surface area contributed by atoms with E-state index in [1.807, 2.05) is 18.2 Å². The number of benzene rings is 3. The lowest BCUT2D eigenvalue weighted by molar-refractivity contribution is 0.265. The first-order valence-electron chi connectivity index (χ1n) is 9.70. The van der Waals surface area contributed by atoms with Gasteiger partial charge in [-0.15, -0.1) is 0 Å². The Hall–Kier alpha value is -2.58. The lowest BCUT2D eigenvalue weighted by Gasteiger charge is -2.27. The van der Waals surface area contributed by atoms with Crippen molar-refractivity contribution in [2.75, 3.05) is 14.1 Å². The van der Waals surface area contributed by atoms with Crippen LogP contribution < -0.4 is 4.74 Å². The van der Waals surface area contributed by atoms with Crippen molar-refractivity contribution in [3.8, 4) is 5.75 Å². The van der Waals surface area contributed by atoms with E-state index >= 15 is 0 Å². The van der Waals surface area contributed by atoms with Gasteiger partial charge in [-0.2, -0.15) is 0 Å². The van der Waals surface area contributed by atoms with E-state index in [1.54, 1.807) is 0 Å². The molecule has 138 valence electrons. The van der Waals surface area contributed by atoms with E-state index in [1.165, 1.54) is 22.3 Å². The molecule has 27 heavy (non-hydrogen) atoms. The lowest BCUT2D eigenvalue weighted by Crippen LogP contribution is -2.32. The molecule has 1 aliphatic rings. The molecule has 0 N–H and O–H groups in total. The zero-order valence-electron chi connectivity index (χ0n) is 16.1. The number of hydrogen-bond acceptors (Lipinski definition) is 2. The largest absolute Gasteiger partial charge is 0.489 e. The van der Waals surface area contributed by atoms with Crippen molar-refractivity contribution in [1.82, 2.24) is 4.90 Å². The minimum Gasteiger partial charge on any atom is -0.489 e. The molecule has 2 atom stereocenters. The van der Waals surface area contributed by atoms with E-state index in [0.717, 1.165) is 18.6 Å². The molecule has 0 heterocycles. The van der Waals surface area contributed by atoms with Crippen LogP contribution in [-0.2, 0) is 19.4 Å². The Morgan fingerprint density at radius 2 is 1.52 bits per heavy atom. The molecule has 0 bridgehead atoms. The quantitative estimate of drug-likeness (QED) is 0.610. The Kier molecular flexibility index (Phi) is 5.26. The second-order valence-electron chi connectivity index (χ2n) is 7.66. The summed E-state index contributed by atoms with van der Waals surface area (Å²) in [5, 5.41) is 0. The van der Waals surface area contributed by atoms with Crippen molar-refractivity contribution >= 4 is 0 Å². The minimum absolute atomic E-state index is 0.548. The third kappa shape index (κ3) is 4.06. The monoisotopic (exact) mass is 357 g/mol. The molecule has 0 aromatic heterocycles. The summed E-state index contributed by atoms with van der Waals surface area (Å²) in [4.78, 5) is 2.38. The third-order valence-electron chi connectivity index (χ3n) is 5.64. The van der Waals surface area contributed by atoms with Crippen LogP contribution in [0, 0.1) is 0 Å². The van der Waals surface area contributed by atoms with Crippen LogP contribution in [0.4, 0.5) is 0 Å². The molecule has 0 saturated carbocycles. The molecule has 0 aliphatic heterocycles. The van der Waals surface area contributed by atoms with Crippen molar-refractivity contribution in [2.24, 2.45) is 0 Å². The summed E-state index contributed by atoms with van der Waals surface area (Å²) in [5.41, 5.74) is 5.58. The van der Waals surface area contributed by atoms with Gasteiger partial charge in [0.15, 0.2) is 0 Å². The Bertz CT molecular complexity index is 870. The average molecular weight is 357 g/mol. The standard InChI is InChI=1S/C25H27NO/c1-26(2)25-17-21-10-6-7-11-23(21)24(25)16-19-12-14-22(15-13-19)27-18-20-8-4-3-5-9-20/h3-15,24-25H,16-18H2,1-2H3/t24-,25-/m1/s1. The summed E-state index contributed by atoms with van der Waals surface area (Å²) in [6.07, 6.45) is 2.21. The fourth-order valence-electron chi connectivity index (χ4n) is 4.16. The number of likely N-dealkylation sites (N-methyl/N-ethyl adjacent to an activating group) is 1. The Morgan fingerprint density at radius 1 is 0.815 bits per heavy atom. The van der Waals surface area contributed by atoms with Crippen LogP contribution in [-0.4, -0.2) is 25.0 Å². The number of nitrogens with zero attached hydrogens (tertiary/aromatic N) is 1. The summed E-state index contributed by atoms with van der Waals surface area (Å²) in [6.45, 7) is 0.610. The normalized spacial score (nSPS) is 18.5. The fraction of sp³-hybridized carbons (Fsp3) is 0.280. The van der Waals surface area contributed by atoms with Crippen LogP contribution in [0.1, 0.15) is 28.2 Å². The summed E-state index contributed by atoms with van der Waals surface area (Å²) >= 11 is 0. The van der Waals surface area contributed by atoms with Gasteiger partial charge < -0.3 is 9.64 Å². The van der Waals surface area contributed by atoms with Gasteiger partial charge in [0.25, 0.3) is 0 Å². The SMILES string of the molecule is CN(C)[C@@H]1Cc2ccccc2[C@H]1Cc1ccc(OCc2ccccc2)cc1. The molecule has 2 nitrogen and oxygen atoms in total. The molecule has 0 fully saturated rings. The molecule has 3 aromatic rings. The first-order chi connectivity index (χ1) is 13.2. The van der Waals surface area contributed by atoms with E-state index in [9.17, 15) is 0 Å². The Labute approximate surface area is 162 Å². The molecule has 0 spiro atoms. The topological polar surface area (TPSA) is 12.5 Å². The maximum atomic E-state index is 5.92. The molecule has 0 radical (unpaired) electrons. The van der Waals surface area contributed by atoms with E-state index in [2.05, 4.69) is 79.7 Å². The second-order valence-corrected chi connectivity index (χ2v) is 7.66. The Morgan fingerprint density at radius 3 is 2.26 bits per heavy atom. The minimum atomic E-state index is 0.548. The van der Waals surface area contributed by atoms with Gasteiger partial charge in [0.1, 0.15) is 12.4 Å². The molecule has 0 saturated heterocycles. The fourth-order valence-corrected chi connectivity index (χ4v) is 4.16. The van der Waals surface area contributed by atoms with Gasteiger partial charge in [0, 0.05) is 12.0 Å². The van der Waals surface area contributed by atoms with Crippen molar-refractivity contribution in [2.45, 2.75) is 31.4 Å². The van der Waals surface area contributed by atoms with Crippen molar-refractivity contribution in [1.29, 1.82) is 0 Å². The average Bonchev–Trinajstić information content (AvgIpc) is 3.07. The summed E-state index contributed by atoms with van der Waals surface area (Å²) < 4.78 is 5.92. The molecule has 1 aliphatic carbocycles. The first kappa shape index (κ1) is 17.8. The van der Waals surface area contributed by atoms with Crippen LogP contribution in [0.3, 0.4) is 0 Å². The highest BCUT2D eigenvalue weighted by Crippen LogP contribution is 2.38. The summed E-state index contributed by atoms with van der Waals surface area (Å²) in [6, 6.07) is 28.4. The highest BCUT2D eigenvalue weighted by atomic mass is 16.5. The smallest absolute Gasteiger partial charge is 0.119 e. The van der Waals surface area contributed by atoms with Crippen LogP contribution in [0.5, 0.6) is 5.75 Å². The van der Waals surface area contributed by atoms with E-state index < -0.39 is 0 Å². The maximum absolute atomic E-state index is 5.92. The third-order valence-corrected chi connectivity index (χ3v) is 5.64. The van der Waals surface area contributed by atoms with E-state index in [4.69, 9.17) is 4.74 Å². The van der Waals surface area contributed by atoms with Crippen molar-refractivity contribution in [3.05, 3.63) is 101 Å². The molecular weight excluding hydrogens is 330 g/mol. The number of fused-ring (bicyclic) bond motifs is 1. The molecule has 3 aromatic carbocycles. The van der Waals surface area contributed by atoms with Gasteiger partial charge in [-0.25, -0.2) is 0 Å². The lowest BCUT2D eigenvalue weighted by atomic mass is 9.90. The van der Waals surface area contributed by atoms with Crippen LogP contribution in [0.2, 0.25) is 0 Å². The molecule has 4 rings (SSSR count). The van der Waals surface area contributed by atoms with Gasteiger partial charge in [0.05, 0.1) is 0 Å². The second kappa shape index (κ2) is 7.98. The van der Waals surface area contributed by atoms with Gasteiger partial charge in [-0.3, -0.25) is 0 Å². The van der Waals surface area contributed by atoms with Gasteiger partial charge in [0.2, 0.25) is 0 Å². The number of ether oxygens (including phenoxy) is 1. The zero-order chi connectivity index (χ0) is 18.6. The molecule has 2 heteroatoms.